The molecule has 1 heterocycles. The lowest BCUT2D eigenvalue weighted by molar-refractivity contribution is 0.171. The molecule has 0 saturated heterocycles. The van der Waals surface area contributed by atoms with E-state index in [4.69, 9.17) is 10.3 Å². The first-order valence-electron chi connectivity index (χ1n) is 4.79. The van der Waals surface area contributed by atoms with E-state index in [1.807, 2.05) is 0 Å². The predicted octanol–water partition coefficient (Wildman–Crippen LogP) is -0.568. The molecule has 1 aliphatic heterocycles. The zero-order valence-corrected chi connectivity index (χ0v) is 9.56. The Hall–Kier alpha value is -1.28. The van der Waals surface area contributed by atoms with Crippen LogP contribution >= 0.6 is 0 Å². The highest BCUT2D eigenvalue weighted by atomic mass is 32.2. The molecule has 0 aromatic heterocycles. The lowest BCUT2D eigenvalue weighted by Crippen LogP contribution is -2.45. The van der Waals surface area contributed by atoms with Gasteiger partial charge in [0.15, 0.2) is 0 Å². The molecule has 0 saturated carbocycles. The first kappa shape index (κ1) is 12.8. The molecule has 0 aliphatic carbocycles. The predicted molar refractivity (Wildman–Crippen MR) is 58.0 cm³/mol. The van der Waals surface area contributed by atoms with Gasteiger partial charge >= 0.3 is 6.03 Å². The van der Waals surface area contributed by atoms with Crippen LogP contribution in [0.25, 0.3) is 0 Å². The first-order chi connectivity index (χ1) is 7.38. The third-order valence-corrected chi connectivity index (χ3v) is 2.96. The molecule has 0 radical (unpaired) electrons. The third-order valence-electron chi connectivity index (χ3n) is 2.15. The summed E-state index contributed by atoms with van der Waals surface area (Å²) in [7, 11) is -3.91. The van der Waals surface area contributed by atoms with E-state index < -0.39 is 16.1 Å². The molecule has 0 atom stereocenters. The maximum atomic E-state index is 10.9. The SMILES string of the molecule is NC(=O)N1CC=CN(CCCS(=O)(=O)O)C1. The van der Waals surface area contributed by atoms with Gasteiger partial charge in [0, 0.05) is 13.1 Å². The van der Waals surface area contributed by atoms with Gasteiger partial charge in [0.1, 0.15) is 0 Å². The van der Waals surface area contributed by atoms with Gasteiger partial charge in [-0.15, -0.1) is 0 Å². The molecule has 0 unspecified atom stereocenters. The highest BCUT2D eigenvalue weighted by Gasteiger charge is 2.15. The van der Waals surface area contributed by atoms with Gasteiger partial charge < -0.3 is 15.5 Å². The van der Waals surface area contributed by atoms with E-state index in [1.165, 1.54) is 4.90 Å². The molecule has 0 aromatic carbocycles. The minimum absolute atomic E-state index is 0.284. The largest absolute Gasteiger partial charge is 0.360 e. The molecule has 16 heavy (non-hydrogen) atoms. The lowest BCUT2D eigenvalue weighted by atomic mass is 10.4. The number of urea groups is 1. The molecule has 0 spiro atoms. The molecule has 1 aliphatic rings. The van der Waals surface area contributed by atoms with Crippen molar-refractivity contribution in [3.63, 3.8) is 0 Å². The first-order valence-corrected chi connectivity index (χ1v) is 6.39. The Labute approximate surface area is 94.2 Å². The van der Waals surface area contributed by atoms with Crippen LogP contribution in [0.3, 0.4) is 0 Å². The average Bonchev–Trinajstić information content (AvgIpc) is 2.16. The van der Waals surface area contributed by atoms with Crippen LogP contribution in [0.15, 0.2) is 12.3 Å². The summed E-state index contributed by atoms with van der Waals surface area (Å²) in [5, 5.41) is 0. The number of hydrogen-bond donors (Lipinski definition) is 2. The second kappa shape index (κ2) is 5.17. The minimum Gasteiger partial charge on any atom is -0.360 e. The standard InChI is InChI=1S/C8H15N3O4S/c9-8(12)11-5-1-3-10(7-11)4-2-6-16(13,14)15/h1,3H,2,4-7H2,(H2,9,12)(H,13,14,15). The van der Waals surface area contributed by atoms with E-state index in [9.17, 15) is 13.2 Å². The van der Waals surface area contributed by atoms with Gasteiger partial charge in [-0.3, -0.25) is 4.55 Å². The molecule has 7 nitrogen and oxygen atoms in total. The summed E-state index contributed by atoms with van der Waals surface area (Å²) in [5.74, 6) is -0.284. The van der Waals surface area contributed by atoms with Gasteiger partial charge in [0.05, 0.1) is 12.4 Å². The summed E-state index contributed by atoms with van der Waals surface area (Å²) < 4.78 is 29.5. The van der Waals surface area contributed by atoms with Crippen LogP contribution in [-0.2, 0) is 10.1 Å². The van der Waals surface area contributed by atoms with Gasteiger partial charge in [-0.1, -0.05) is 0 Å². The van der Waals surface area contributed by atoms with Crippen molar-refractivity contribution in [1.29, 1.82) is 0 Å². The van der Waals surface area contributed by atoms with E-state index in [0.29, 0.717) is 26.2 Å². The maximum Gasteiger partial charge on any atom is 0.316 e. The molecule has 8 heteroatoms. The van der Waals surface area contributed by atoms with Crippen LogP contribution < -0.4 is 5.73 Å². The summed E-state index contributed by atoms with van der Waals surface area (Å²) in [6.45, 7) is 1.25. The molecular weight excluding hydrogens is 234 g/mol. The smallest absolute Gasteiger partial charge is 0.316 e. The Morgan fingerprint density at radius 2 is 2.19 bits per heavy atom. The number of primary amides is 1. The summed E-state index contributed by atoms with van der Waals surface area (Å²) in [6, 6.07) is -0.510. The Balaban J connectivity index is 2.36. The number of carbonyl (C=O) groups is 1. The number of amides is 2. The molecular formula is C8H15N3O4S. The van der Waals surface area contributed by atoms with Gasteiger partial charge in [-0.05, 0) is 18.7 Å². The fourth-order valence-electron chi connectivity index (χ4n) is 1.40. The minimum atomic E-state index is -3.91. The average molecular weight is 249 g/mol. The molecule has 1 rings (SSSR count). The van der Waals surface area contributed by atoms with Crippen LogP contribution in [0.4, 0.5) is 4.79 Å². The highest BCUT2D eigenvalue weighted by Crippen LogP contribution is 2.04. The van der Waals surface area contributed by atoms with Gasteiger partial charge in [-0.2, -0.15) is 8.42 Å². The van der Waals surface area contributed by atoms with Gasteiger partial charge in [0.25, 0.3) is 10.1 Å². The zero-order chi connectivity index (χ0) is 12.2. The van der Waals surface area contributed by atoms with Gasteiger partial charge in [0.2, 0.25) is 0 Å². The summed E-state index contributed by atoms with van der Waals surface area (Å²) >= 11 is 0. The van der Waals surface area contributed by atoms with Crippen molar-refractivity contribution in [3.8, 4) is 0 Å². The summed E-state index contributed by atoms with van der Waals surface area (Å²) in [6.07, 6.45) is 3.85. The highest BCUT2D eigenvalue weighted by molar-refractivity contribution is 7.85. The number of nitrogens with two attached hydrogens (primary N) is 1. The number of rotatable bonds is 4. The molecule has 92 valence electrons. The number of hydrogen-bond acceptors (Lipinski definition) is 4. The van der Waals surface area contributed by atoms with Crippen molar-refractivity contribution in [1.82, 2.24) is 9.80 Å². The summed E-state index contributed by atoms with van der Waals surface area (Å²) in [4.78, 5) is 14.1. The van der Waals surface area contributed by atoms with Crippen LogP contribution in [0.2, 0.25) is 0 Å². The number of nitrogens with zero attached hydrogens (tertiary/aromatic N) is 2. The van der Waals surface area contributed by atoms with Crippen molar-refractivity contribution in [2.75, 3.05) is 25.5 Å². The van der Waals surface area contributed by atoms with Gasteiger partial charge in [-0.25, -0.2) is 4.79 Å². The molecule has 0 bridgehead atoms. The normalized spacial score (nSPS) is 16.6. The molecule has 2 amide bonds. The van der Waals surface area contributed by atoms with Crippen molar-refractivity contribution < 1.29 is 17.8 Å². The van der Waals surface area contributed by atoms with E-state index in [0.717, 1.165) is 0 Å². The molecule has 0 fully saturated rings. The Morgan fingerprint density at radius 3 is 2.75 bits per heavy atom. The van der Waals surface area contributed by atoms with Crippen molar-refractivity contribution in [3.05, 3.63) is 12.3 Å². The van der Waals surface area contributed by atoms with E-state index >= 15 is 0 Å². The fraction of sp³-hybridized carbons (Fsp3) is 0.625. The second-order valence-electron chi connectivity index (χ2n) is 3.54. The quantitative estimate of drug-likeness (QED) is 0.649. The van der Waals surface area contributed by atoms with E-state index in [2.05, 4.69) is 0 Å². The lowest BCUT2D eigenvalue weighted by Gasteiger charge is -2.31. The number of carbonyl (C=O) groups excluding carboxylic acids is 1. The Kier molecular flexibility index (Phi) is 4.13. The zero-order valence-electron chi connectivity index (χ0n) is 8.74. The van der Waals surface area contributed by atoms with E-state index in [1.54, 1.807) is 17.2 Å². The molecule has 0 aromatic rings. The summed E-state index contributed by atoms with van der Waals surface area (Å²) in [5.41, 5.74) is 5.12. The van der Waals surface area contributed by atoms with Crippen molar-refractivity contribution >= 4 is 16.1 Å². The molecule has 3 N–H and O–H groups in total. The second-order valence-corrected chi connectivity index (χ2v) is 5.11. The van der Waals surface area contributed by atoms with Crippen LogP contribution in [0, 0.1) is 0 Å². The topological polar surface area (TPSA) is 104 Å². The van der Waals surface area contributed by atoms with Crippen LogP contribution in [-0.4, -0.2) is 54.3 Å². The fourth-order valence-corrected chi connectivity index (χ4v) is 1.90. The third kappa shape index (κ3) is 4.49. The Bertz CT molecular complexity index is 379. The van der Waals surface area contributed by atoms with Crippen molar-refractivity contribution in [2.24, 2.45) is 5.73 Å². The maximum absolute atomic E-state index is 10.9. The van der Waals surface area contributed by atoms with Crippen molar-refractivity contribution in [2.45, 2.75) is 6.42 Å². The Morgan fingerprint density at radius 1 is 1.50 bits per heavy atom. The van der Waals surface area contributed by atoms with Crippen LogP contribution in [0.1, 0.15) is 6.42 Å². The van der Waals surface area contributed by atoms with E-state index in [-0.39, 0.29) is 5.75 Å². The monoisotopic (exact) mass is 249 g/mol. The van der Waals surface area contributed by atoms with Crippen LogP contribution in [0.5, 0.6) is 0 Å².